The number of ether oxygens (including phenoxy) is 1. The molecule has 2 N–H and O–H groups in total. The van der Waals surface area contributed by atoms with Crippen LogP contribution >= 0.6 is 0 Å². The van der Waals surface area contributed by atoms with E-state index in [2.05, 4.69) is 15.6 Å². The van der Waals surface area contributed by atoms with E-state index in [1.807, 2.05) is 0 Å². The van der Waals surface area contributed by atoms with Gasteiger partial charge in [-0.25, -0.2) is 9.78 Å². The summed E-state index contributed by atoms with van der Waals surface area (Å²) in [4.78, 5) is 42.9. The lowest BCUT2D eigenvalue weighted by atomic mass is 9.88. The molecule has 0 spiro atoms. The molecule has 2 atom stereocenters. The molecule has 2 heterocycles. The number of anilines is 2. The number of piperidine rings is 1. The zero-order chi connectivity index (χ0) is 26.7. The third-order valence-electron chi connectivity index (χ3n) is 5.64. The second-order valence-corrected chi connectivity index (χ2v) is 9.67. The SMILES string of the molecule is Cc1cc(NC(=O)C(=O)N2C[C@@H](C(F)(F)F)CC[C@@H]2c2ccccc2)cnc1NC(=O)OC(C)(C)C. The van der Waals surface area contributed by atoms with Crippen molar-refractivity contribution in [3.63, 3.8) is 0 Å². The first kappa shape index (κ1) is 27.0. The average molecular weight is 507 g/mol. The molecule has 0 bridgehead atoms. The number of nitrogens with zero attached hydrogens (tertiary/aromatic N) is 2. The van der Waals surface area contributed by atoms with E-state index >= 15 is 0 Å². The standard InChI is InChI=1S/C25H29F3N4O4/c1-15-12-18(13-29-20(15)31-23(35)36-24(2,3)4)30-21(33)22(34)32-14-17(25(26,27)28)10-11-19(32)16-8-6-5-7-9-16/h5-9,12-13,17,19H,10-11,14H2,1-4H3,(H,30,33)(H,29,31,35)/t17-,19+/m0/s1. The minimum Gasteiger partial charge on any atom is -0.444 e. The molecule has 0 aliphatic carbocycles. The van der Waals surface area contributed by atoms with Crippen molar-refractivity contribution in [3.05, 3.63) is 53.7 Å². The quantitative estimate of drug-likeness (QED) is 0.556. The number of carbonyl (C=O) groups is 3. The van der Waals surface area contributed by atoms with Gasteiger partial charge in [-0.15, -0.1) is 0 Å². The molecule has 8 nitrogen and oxygen atoms in total. The topological polar surface area (TPSA) is 101 Å². The fourth-order valence-corrected chi connectivity index (χ4v) is 3.97. The summed E-state index contributed by atoms with van der Waals surface area (Å²) < 4.78 is 45.5. The molecule has 0 saturated carbocycles. The van der Waals surface area contributed by atoms with Crippen molar-refractivity contribution in [3.8, 4) is 0 Å². The van der Waals surface area contributed by atoms with Gasteiger partial charge in [-0.3, -0.25) is 14.9 Å². The molecule has 1 saturated heterocycles. The number of benzene rings is 1. The minimum atomic E-state index is -4.48. The van der Waals surface area contributed by atoms with Gasteiger partial charge in [0.25, 0.3) is 0 Å². The van der Waals surface area contributed by atoms with Crippen molar-refractivity contribution in [2.45, 2.75) is 58.4 Å². The highest BCUT2D eigenvalue weighted by Gasteiger charge is 2.46. The van der Waals surface area contributed by atoms with Gasteiger partial charge in [0.2, 0.25) is 0 Å². The number of hydrogen-bond donors (Lipinski definition) is 2. The molecule has 2 aromatic rings. The van der Waals surface area contributed by atoms with Crippen molar-refractivity contribution >= 4 is 29.4 Å². The van der Waals surface area contributed by atoms with Crippen LogP contribution < -0.4 is 10.6 Å². The van der Waals surface area contributed by atoms with Gasteiger partial charge in [0.1, 0.15) is 11.4 Å². The van der Waals surface area contributed by atoms with Gasteiger partial charge >= 0.3 is 24.1 Å². The van der Waals surface area contributed by atoms with E-state index in [1.165, 1.54) is 12.3 Å². The molecule has 1 fully saturated rings. The summed E-state index contributed by atoms with van der Waals surface area (Å²) in [5.41, 5.74) is 0.586. The van der Waals surface area contributed by atoms with E-state index in [0.717, 1.165) is 4.90 Å². The third-order valence-corrected chi connectivity index (χ3v) is 5.64. The largest absolute Gasteiger partial charge is 0.444 e. The number of rotatable bonds is 3. The van der Waals surface area contributed by atoms with Gasteiger partial charge < -0.3 is 15.0 Å². The summed E-state index contributed by atoms with van der Waals surface area (Å²) in [6.07, 6.45) is -4.01. The Morgan fingerprint density at radius 3 is 2.31 bits per heavy atom. The van der Waals surface area contributed by atoms with Gasteiger partial charge in [0, 0.05) is 6.54 Å². The number of carbonyl (C=O) groups excluding carboxylic acids is 3. The molecule has 0 unspecified atom stereocenters. The van der Waals surface area contributed by atoms with Crippen LogP contribution in [0.1, 0.15) is 50.8 Å². The smallest absolute Gasteiger partial charge is 0.413 e. The molecule has 36 heavy (non-hydrogen) atoms. The molecule has 1 aromatic heterocycles. The molecule has 1 aromatic carbocycles. The van der Waals surface area contributed by atoms with Crippen LogP contribution in [0.5, 0.6) is 0 Å². The predicted octanol–water partition coefficient (Wildman–Crippen LogP) is 5.22. The van der Waals surface area contributed by atoms with Crippen LogP contribution in [0.4, 0.5) is 29.5 Å². The highest BCUT2D eigenvalue weighted by Crippen LogP contribution is 2.40. The maximum absolute atomic E-state index is 13.4. The highest BCUT2D eigenvalue weighted by molar-refractivity contribution is 6.39. The van der Waals surface area contributed by atoms with E-state index in [9.17, 15) is 27.6 Å². The molecule has 194 valence electrons. The van der Waals surface area contributed by atoms with Crippen LogP contribution in [-0.4, -0.2) is 46.1 Å². The van der Waals surface area contributed by atoms with Gasteiger partial charge in [-0.05, 0) is 57.7 Å². The zero-order valence-corrected chi connectivity index (χ0v) is 20.5. The van der Waals surface area contributed by atoms with E-state index in [4.69, 9.17) is 4.74 Å². The van der Waals surface area contributed by atoms with Crippen molar-refractivity contribution < 1.29 is 32.3 Å². The van der Waals surface area contributed by atoms with Crippen LogP contribution in [0.3, 0.4) is 0 Å². The van der Waals surface area contributed by atoms with Crippen LogP contribution in [0.2, 0.25) is 0 Å². The summed E-state index contributed by atoms with van der Waals surface area (Å²) >= 11 is 0. The van der Waals surface area contributed by atoms with Gasteiger partial charge in [-0.2, -0.15) is 13.2 Å². The number of aryl methyl sites for hydroxylation is 1. The number of likely N-dealkylation sites (tertiary alicyclic amines) is 1. The van der Waals surface area contributed by atoms with Crippen molar-refractivity contribution in [1.29, 1.82) is 0 Å². The van der Waals surface area contributed by atoms with E-state index < -0.39 is 48.2 Å². The van der Waals surface area contributed by atoms with Crippen molar-refractivity contribution in [2.75, 3.05) is 17.2 Å². The maximum atomic E-state index is 13.4. The lowest BCUT2D eigenvalue weighted by Crippen LogP contribution is -2.49. The molecule has 11 heteroatoms. The summed E-state index contributed by atoms with van der Waals surface area (Å²) in [6.45, 7) is 6.16. The summed E-state index contributed by atoms with van der Waals surface area (Å²) in [5.74, 6) is -3.66. The lowest BCUT2D eigenvalue weighted by molar-refractivity contribution is -0.192. The summed E-state index contributed by atoms with van der Waals surface area (Å²) in [7, 11) is 0. The maximum Gasteiger partial charge on any atom is 0.413 e. The fourth-order valence-electron chi connectivity index (χ4n) is 3.97. The third kappa shape index (κ3) is 6.96. The average Bonchev–Trinajstić information content (AvgIpc) is 2.78. The van der Waals surface area contributed by atoms with Crippen LogP contribution in [-0.2, 0) is 14.3 Å². The highest BCUT2D eigenvalue weighted by atomic mass is 19.4. The molecule has 1 aliphatic heterocycles. The van der Waals surface area contributed by atoms with E-state index in [-0.39, 0.29) is 24.3 Å². The molecule has 0 radical (unpaired) electrons. The number of nitrogens with one attached hydrogen (secondary N) is 2. The number of alkyl halides is 3. The Morgan fingerprint density at radius 2 is 1.72 bits per heavy atom. The molecule has 3 rings (SSSR count). The van der Waals surface area contributed by atoms with Gasteiger partial charge in [-0.1, -0.05) is 30.3 Å². The Bertz CT molecular complexity index is 1120. The zero-order valence-electron chi connectivity index (χ0n) is 20.5. The normalized spacial score (nSPS) is 18.4. The second-order valence-electron chi connectivity index (χ2n) is 9.67. The first-order valence-corrected chi connectivity index (χ1v) is 11.4. The summed E-state index contributed by atoms with van der Waals surface area (Å²) in [5, 5.41) is 4.90. The van der Waals surface area contributed by atoms with Crippen molar-refractivity contribution in [2.24, 2.45) is 5.92 Å². The predicted molar refractivity (Wildman–Crippen MR) is 127 cm³/mol. The molecule has 1 aliphatic rings. The first-order valence-electron chi connectivity index (χ1n) is 11.4. The number of halogens is 3. The fraction of sp³-hybridized carbons (Fsp3) is 0.440. The van der Waals surface area contributed by atoms with Crippen LogP contribution in [0, 0.1) is 12.8 Å². The number of hydrogen-bond acceptors (Lipinski definition) is 5. The van der Waals surface area contributed by atoms with Crippen LogP contribution in [0.15, 0.2) is 42.6 Å². The molecular weight excluding hydrogens is 477 g/mol. The summed E-state index contributed by atoms with van der Waals surface area (Å²) in [6, 6.07) is 9.50. The Morgan fingerprint density at radius 1 is 1.06 bits per heavy atom. The minimum absolute atomic E-state index is 0.0822. The van der Waals surface area contributed by atoms with Gasteiger partial charge in [0.15, 0.2) is 0 Å². The van der Waals surface area contributed by atoms with Gasteiger partial charge in [0.05, 0.1) is 23.8 Å². The molecule has 3 amide bonds. The monoisotopic (exact) mass is 506 g/mol. The first-order chi connectivity index (χ1) is 16.7. The Labute approximate surface area is 207 Å². The van der Waals surface area contributed by atoms with Crippen LogP contribution in [0.25, 0.3) is 0 Å². The number of pyridine rings is 1. The second kappa shape index (κ2) is 10.5. The number of aromatic nitrogens is 1. The van der Waals surface area contributed by atoms with Crippen molar-refractivity contribution in [1.82, 2.24) is 9.88 Å². The number of amides is 3. The molecular formula is C25H29F3N4O4. The Kier molecular flexibility index (Phi) is 7.90. The lowest BCUT2D eigenvalue weighted by Gasteiger charge is -2.40. The Hall–Kier alpha value is -3.63. The Balaban J connectivity index is 1.74. The van der Waals surface area contributed by atoms with E-state index in [1.54, 1.807) is 58.0 Å². The van der Waals surface area contributed by atoms with E-state index in [0.29, 0.717) is 11.1 Å².